The van der Waals surface area contributed by atoms with Crippen LogP contribution in [0.1, 0.15) is 39.2 Å². The van der Waals surface area contributed by atoms with Gasteiger partial charge in [0.15, 0.2) is 0 Å². The largest absolute Gasteiger partial charge is 0.497 e. The van der Waals surface area contributed by atoms with Gasteiger partial charge in [-0.1, -0.05) is 13.8 Å². The van der Waals surface area contributed by atoms with Crippen LogP contribution in [0.2, 0.25) is 0 Å². The summed E-state index contributed by atoms with van der Waals surface area (Å²) in [5, 5.41) is 4.86. The van der Waals surface area contributed by atoms with Crippen LogP contribution in [0.15, 0.2) is 24.4 Å². The molecule has 2 rings (SSSR count). The Morgan fingerprint density at radius 1 is 1.25 bits per heavy atom. The second-order valence-corrected chi connectivity index (χ2v) is 6.41. The van der Waals surface area contributed by atoms with Crippen molar-refractivity contribution in [2.45, 2.75) is 46.6 Å². The first kappa shape index (κ1) is 18.5. The minimum absolute atomic E-state index is 0.437. The van der Waals surface area contributed by atoms with Crippen molar-refractivity contribution in [3.8, 4) is 5.75 Å². The predicted octanol–water partition coefficient (Wildman–Crippen LogP) is 4.47. The number of rotatable bonds is 9. The summed E-state index contributed by atoms with van der Waals surface area (Å²) in [5.41, 5.74) is 3.35. The summed E-state index contributed by atoms with van der Waals surface area (Å²) >= 11 is 0. The summed E-state index contributed by atoms with van der Waals surface area (Å²) in [5.74, 6) is 0.845. The minimum atomic E-state index is 0.437. The van der Waals surface area contributed by atoms with Gasteiger partial charge in [0.25, 0.3) is 0 Å². The number of methoxy groups -OCH3 is 1. The fraction of sp³-hybridized carbons (Fsp3) is 0.550. The first-order valence-electron chi connectivity index (χ1n) is 9.01. The molecule has 0 saturated carbocycles. The molecule has 1 aromatic heterocycles. The van der Waals surface area contributed by atoms with Gasteiger partial charge < -0.3 is 15.0 Å². The van der Waals surface area contributed by atoms with Crippen LogP contribution in [-0.4, -0.2) is 42.7 Å². The van der Waals surface area contributed by atoms with E-state index in [1.165, 1.54) is 24.2 Å². The quantitative estimate of drug-likeness (QED) is 0.736. The monoisotopic (exact) mass is 329 g/mol. The molecular formula is C20H31N3O. The standard InChI is InChI=1S/C20H31N3O/c1-6-23(7-2)12-8-9-16(4)22-20-15(3)14-21-19-13-17(24-5)10-11-18(19)20/h10-11,13-14,16H,6-9,12H2,1-5H3,(H,21,22)/t16-/m0/s1. The van der Waals surface area contributed by atoms with E-state index < -0.39 is 0 Å². The molecule has 0 bridgehead atoms. The van der Waals surface area contributed by atoms with Crippen LogP contribution < -0.4 is 10.1 Å². The molecule has 0 aliphatic rings. The zero-order valence-electron chi connectivity index (χ0n) is 15.7. The van der Waals surface area contributed by atoms with Crippen molar-refractivity contribution in [2.24, 2.45) is 0 Å². The summed E-state index contributed by atoms with van der Waals surface area (Å²) in [4.78, 5) is 7.02. The third kappa shape index (κ3) is 4.60. The molecule has 0 unspecified atom stereocenters. The molecule has 0 amide bonds. The molecular weight excluding hydrogens is 298 g/mol. The first-order valence-corrected chi connectivity index (χ1v) is 9.01. The van der Waals surface area contributed by atoms with Crippen LogP contribution in [0, 0.1) is 6.92 Å². The molecule has 0 spiro atoms. The Kier molecular flexibility index (Phi) is 6.85. The van der Waals surface area contributed by atoms with Gasteiger partial charge in [0.1, 0.15) is 5.75 Å². The third-order valence-electron chi connectivity index (χ3n) is 4.66. The second kappa shape index (κ2) is 8.88. The summed E-state index contributed by atoms with van der Waals surface area (Å²) in [6, 6.07) is 6.52. The number of benzene rings is 1. The molecule has 1 aromatic carbocycles. The maximum absolute atomic E-state index is 5.31. The number of aryl methyl sites for hydroxylation is 1. The Balaban J connectivity index is 2.07. The van der Waals surface area contributed by atoms with Crippen molar-refractivity contribution in [1.29, 1.82) is 0 Å². The predicted molar refractivity (Wildman–Crippen MR) is 103 cm³/mol. The number of nitrogens with one attached hydrogen (secondary N) is 1. The van der Waals surface area contributed by atoms with Gasteiger partial charge in [0.2, 0.25) is 0 Å². The molecule has 4 heteroatoms. The van der Waals surface area contributed by atoms with Crippen LogP contribution >= 0.6 is 0 Å². The highest BCUT2D eigenvalue weighted by molar-refractivity contribution is 5.93. The van der Waals surface area contributed by atoms with Gasteiger partial charge in [-0.05, 0) is 64.0 Å². The number of hydrogen-bond acceptors (Lipinski definition) is 4. The number of nitrogens with zero attached hydrogens (tertiary/aromatic N) is 2. The molecule has 132 valence electrons. The van der Waals surface area contributed by atoms with E-state index in [0.717, 1.165) is 36.2 Å². The molecule has 1 atom stereocenters. The van der Waals surface area contributed by atoms with E-state index >= 15 is 0 Å². The smallest absolute Gasteiger partial charge is 0.121 e. The second-order valence-electron chi connectivity index (χ2n) is 6.41. The summed E-state index contributed by atoms with van der Waals surface area (Å²) < 4.78 is 5.31. The van der Waals surface area contributed by atoms with Crippen LogP contribution in [0.5, 0.6) is 5.75 Å². The van der Waals surface area contributed by atoms with Gasteiger partial charge in [-0.2, -0.15) is 0 Å². The van der Waals surface area contributed by atoms with E-state index in [4.69, 9.17) is 4.74 Å². The molecule has 1 N–H and O–H groups in total. The molecule has 4 nitrogen and oxygen atoms in total. The molecule has 0 fully saturated rings. The first-order chi connectivity index (χ1) is 11.6. The summed E-state index contributed by atoms with van der Waals surface area (Å²) in [7, 11) is 1.69. The average molecular weight is 329 g/mol. The van der Waals surface area contributed by atoms with Gasteiger partial charge in [-0.25, -0.2) is 0 Å². The minimum Gasteiger partial charge on any atom is -0.497 e. The highest BCUT2D eigenvalue weighted by Gasteiger charge is 2.10. The van der Waals surface area contributed by atoms with Crippen molar-refractivity contribution >= 4 is 16.6 Å². The fourth-order valence-corrected chi connectivity index (χ4v) is 3.07. The zero-order chi connectivity index (χ0) is 17.5. The lowest BCUT2D eigenvalue weighted by Crippen LogP contribution is -2.25. The van der Waals surface area contributed by atoms with Gasteiger partial charge >= 0.3 is 0 Å². The third-order valence-corrected chi connectivity index (χ3v) is 4.66. The van der Waals surface area contributed by atoms with Gasteiger partial charge in [-0.15, -0.1) is 0 Å². The van der Waals surface area contributed by atoms with Crippen molar-refractivity contribution < 1.29 is 4.74 Å². The molecule has 2 aromatic rings. The van der Waals surface area contributed by atoms with Crippen LogP contribution in [0.4, 0.5) is 5.69 Å². The van der Waals surface area contributed by atoms with Crippen LogP contribution in [0.25, 0.3) is 10.9 Å². The van der Waals surface area contributed by atoms with E-state index in [-0.39, 0.29) is 0 Å². The van der Waals surface area contributed by atoms with Gasteiger partial charge in [0, 0.05) is 29.4 Å². The normalized spacial score (nSPS) is 12.6. The van der Waals surface area contributed by atoms with Crippen LogP contribution in [-0.2, 0) is 0 Å². The topological polar surface area (TPSA) is 37.4 Å². The number of pyridine rings is 1. The van der Waals surface area contributed by atoms with E-state index in [2.05, 4.69) is 49.0 Å². The van der Waals surface area contributed by atoms with Gasteiger partial charge in [0.05, 0.1) is 12.6 Å². The van der Waals surface area contributed by atoms with Crippen molar-refractivity contribution in [2.75, 3.05) is 32.1 Å². The van der Waals surface area contributed by atoms with E-state index in [1.807, 2.05) is 18.3 Å². The Morgan fingerprint density at radius 3 is 2.67 bits per heavy atom. The summed E-state index contributed by atoms with van der Waals surface area (Å²) in [6.45, 7) is 12.3. The zero-order valence-corrected chi connectivity index (χ0v) is 15.7. The maximum Gasteiger partial charge on any atom is 0.121 e. The summed E-state index contributed by atoms with van der Waals surface area (Å²) in [6.07, 6.45) is 4.31. The Morgan fingerprint density at radius 2 is 2.00 bits per heavy atom. The Hall–Kier alpha value is -1.81. The number of aromatic nitrogens is 1. The van der Waals surface area contributed by atoms with Gasteiger partial charge in [-0.3, -0.25) is 4.98 Å². The van der Waals surface area contributed by atoms with Crippen LogP contribution in [0.3, 0.4) is 0 Å². The molecule has 0 aliphatic heterocycles. The highest BCUT2D eigenvalue weighted by atomic mass is 16.5. The maximum atomic E-state index is 5.31. The molecule has 1 heterocycles. The van der Waals surface area contributed by atoms with E-state index in [0.29, 0.717) is 6.04 Å². The lowest BCUT2D eigenvalue weighted by atomic mass is 10.1. The van der Waals surface area contributed by atoms with Crippen molar-refractivity contribution in [3.05, 3.63) is 30.0 Å². The SMILES string of the molecule is CCN(CC)CCC[C@H](C)Nc1c(C)cnc2cc(OC)ccc12. The number of ether oxygens (including phenoxy) is 1. The molecule has 0 aliphatic carbocycles. The van der Waals surface area contributed by atoms with E-state index in [9.17, 15) is 0 Å². The molecule has 0 radical (unpaired) electrons. The lowest BCUT2D eigenvalue weighted by molar-refractivity contribution is 0.295. The average Bonchev–Trinajstić information content (AvgIpc) is 2.60. The Bertz CT molecular complexity index is 653. The lowest BCUT2D eigenvalue weighted by Gasteiger charge is -2.21. The number of hydrogen-bond donors (Lipinski definition) is 1. The molecule has 24 heavy (non-hydrogen) atoms. The Labute approximate surface area is 146 Å². The number of anilines is 1. The molecule has 0 saturated heterocycles. The fourth-order valence-electron chi connectivity index (χ4n) is 3.07. The number of fused-ring (bicyclic) bond motifs is 1. The highest BCUT2D eigenvalue weighted by Crippen LogP contribution is 2.29. The van der Waals surface area contributed by atoms with E-state index in [1.54, 1.807) is 7.11 Å². The van der Waals surface area contributed by atoms with Crippen molar-refractivity contribution in [3.63, 3.8) is 0 Å². The van der Waals surface area contributed by atoms with Crippen molar-refractivity contribution in [1.82, 2.24) is 9.88 Å².